The maximum absolute atomic E-state index is 6.66. The van der Waals surface area contributed by atoms with E-state index in [1.54, 1.807) is 0 Å². The van der Waals surface area contributed by atoms with E-state index in [9.17, 15) is 0 Å². The maximum atomic E-state index is 6.66. The summed E-state index contributed by atoms with van der Waals surface area (Å²) in [6.07, 6.45) is 8.32. The van der Waals surface area contributed by atoms with E-state index in [1.807, 2.05) is 36.5 Å². The zero-order chi connectivity index (χ0) is 42.3. The van der Waals surface area contributed by atoms with Crippen LogP contribution in [0.25, 0.3) is 72.6 Å². The van der Waals surface area contributed by atoms with Crippen LogP contribution in [0.15, 0.2) is 138 Å². The average Bonchev–Trinajstić information content (AvgIpc) is 3.84. The summed E-state index contributed by atoms with van der Waals surface area (Å²) in [6, 6.07) is 51.5. The van der Waals surface area contributed by atoms with Gasteiger partial charge >= 0.3 is 0 Å². The molecule has 4 aromatic heterocycles. The van der Waals surface area contributed by atoms with Gasteiger partial charge in [-0.3, -0.25) is 4.98 Å². The molecule has 0 saturated heterocycles. The number of benzene rings is 5. The molecule has 1 aliphatic carbocycles. The molecule has 0 atom stereocenters. The molecule has 9 aromatic rings. The van der Waals surface area contributed by atoms with Gasteiger partial charge in [0.25, 0.3) is 0 Å². The predicted molar refractivity (Wildman–Crippen MR) is 257 cm³/mol. The van der Waals surface area contributed by atoms with Gasteiger partial charge in [0.05, 0.1) is 30.5 Å². The third-order valence-corrected chi connectivity index (χ3v) is 14.2. The smallest absolute Gasteiger partial charge is 0.216 e. The Kier molecular flexibility index (Phi) is 12.3. The van der Waals surface area contributed by atoms with Crippen molar-refractivity contribution in [3.63, 3.8) is 0 Å². The standard InChI is InChI=1S/C41H38N3O.C14H16NSi.Ir/c1-26-18-22-37-35(24-26)42-39(44(37)36-23-19-29(41(2,3)4)25-33(36)27-12-7-5-8-13-27)32-17-11-16-30-31-20-21-34(28-14-9-6-10-15-28)43-40(31)45-38(30)32;1-16(2,3)13-9-10-14(15-11-13)12-7-5-4-6-8-12;/h5,7-8,11-13,16,18-25,28H,6,9-10,14-15H2,1-4H3;4-7,9-11H,1-3H3;/q2*-1;. The molecule has 0 spiro atoms. The van der Waals surface area contributed by atoms with Crippen molar-refractivity contribution < 1.29 is 24.5 Å². The second kappa shape index (κ2) is 17.7. The van der Waals surface area contributed by atoms with Crippen molar-refractivity contribution in [3.05, 3.63) is 163 Å². The first-order valence-electron chi connectivity index (χ1n) is 21.8. The van der Waals surface area contributed by atoms with Gasteiger partial charge in [-0.1, -0.05) is 125 Å². The van der Waals surface area contributed by atoms with E-state index >= 15 is 0 Å². The minimum Gasteiger partial charge on any atom is -0.486 e. The molecule has 315 valence electrons. The Morgan fingerprint density at radius 1 is 0.742 bits per heavy atom. The van der Waals surface area contributed by atoms with Gasteiger partial charge in [-0.25, -0.2) is 4.98 Å². The molecular weight excluding hydrogens is 953 g/mol. The molecule has 1 aliphatic rings. The number of aromatic nitrogens is 4. The van der Waals surface area contributed by atoms with E-state index in [-0.39, 0.29) is 25.5 Å². The molecule has 5 nitrogen and oxygen atoms in total. The number of rotatable bonds is 6. The predicted octanol–water partition coefficient (Wildman–Crippen LogP) is 14.2. The summed E-state index contributed by atoms with van der Waals surface area (Å²) >= 11 is 0. The van der Waals surface area contributed by atoms with Gasteiger partial charge in [0, 0.05) is 54.6 Å². The van der Waals surface area contributed by atoms with Gasteiger partial charge in [-0.05, 0) is 89.1 Å². The van der Waals surface area contributed by atoms with Gasteiger partial charge in [0.1, 0.15) is 0 Å². The largest absolute Gasteiger partial charge is 0.486 e. The van der Waals surface area contributed by atoms with Crippen molar-refractivity contribution >= 4 is 46.4 Å². The topological polar surface area (TPSA) is 56.7 Å². The first-order chi connectivity index (χ1) is 29.4. The molecule has 10 rings (SSSR count). The summed E-state index contributed by atoms with van der Waals surface area (Å²) in [5.41, 5.74) is 13.4. The Bertz CT molecular complexity index is 2970. The van der Waals surface area contributed by atoms with Crippen LogP contribution < -0.4 is 5.19 Å². The van der Waals surface area contributed by atoms with Crippen LogP contribution in [0.4, 0.5) is 0 Å². The molecule has 1 radical (unpaired) electrons. The van der Waals surface area contributed by atoms with Crippen LogP contribution in [0.2, 0.25) is 19.6 Å². The van der Waals surface area contributed by atoms with Gasteiger partial charge in [0.2, 0.25) is 5.71 Å². The van der Waals surface area contributed by atoms with Gasteiger partial charge < -0.3 is 14.0 Å². The number of aryl methyl sites for hydroxylation is 1. The van der Waals surface area contributed by atoms with Crippen LogP contribution in [0.3, 0.4) is 0 Å². The molecule has 1 fully saturated rings. The fraction of sp³-hybridized carbons (Fsp3) is 0.255. The van der Waals surface area contributed by atoms with Crippen molar-refractivity contribution in [2.75, 3.05) is 0 Å². The van der Waals surface area contributed by atoms with Crippen LogP contribution >= 0.6 is 0 Å². The third-order valence-electron chi connectivity index (χ3n) is 12.2. The maximum Gasteiger partial charge on any atom is 0.216 e. The fourth-order valence-electron chi connectivity index (χ4n) is 8.63. The molecule has 0 aliphatic heterocycles. The zero-order valence-corrected chi connectivity index (χ0v) is 40.2. The molecule has 5 aromatic carbocycles. The van der Waals surface area contributed by atoms with E-state index in [4.69, 9.17) is 14.4 Å². The summed E-state index contributed by atoms with van der Waals surface area (Å²) in [4.78, 5) is 14.9. The number of pyridine rings is 2. The summed E-state index contributed by atoms with van der Waals surface area (Å²) < 4.78 is 8.96. The third kappa shape index (κ3) is 8.77. The first kappa shape index (κ1) is 43.2. The normalized spacial score (nSPS) is 13.5. The van der Waals surface area contributed by atoms with Gasteiger partial charge in [-0.15, -0.1) is 54.1 Å². The Labute approximate surface area is 381 Å². The minimum absolute atomic E-state index is 0. The zero-order valence-electron chi connectivity index (χ0n) is 36.8. The van der Waals surface area contributed by atoms with E-state index in [2.05, 4.69) is 166 Å². The van der Waals surface area contributed by atoms with Gasteiger partial charge in [0.15, 0.2) is 0 Å². The minimum atomic E-state index is -1.23. The van der Waals surface area contributed by atoms with E-state index in [1.165, 1.54) is 59.5 Å². The molecular formula is C55H54IrN4OSi-2. The molecule has 4 heterocycles. The number of hydrogen-bond donors (Lipinski definition) is 0. The van der Waals surface area contributed by atoms with Crippen LogP contribution in [0.1, 0.15) is 75.6 Å². The quantitative estimate of drug-likeness (QED) is 0.123. The Morgan fingerprint density at radius 2 is 1.53 bits per heavy atom. The van der Waals surface area contributed by atoms with Crippen LogP contribution in [-0.4, -0.2) is 27.6 Å². The Balaban J connectivity index is 0.000000263. The Morgan fingerprint density at radius 3 is 2.24 bits per heavy atom. The van der Waals surface area contributed by atoms with E-state index in [0.29, 0.717) is 11.6 Å². The number of fused-ring (bicyclic) bond motifs is 4. The van der Waals surface area contributed by atoms with Crippen molar-refractivity contribution in [1.29, 1.82) is 0 Å². The molecule has 7 heteroatoms. The van der Waals surface area contributed by atoms with E-state index < -0.39 is 8.07 Å². The molecule has 0 unspecified atom stereocenters. The van der Waals surface area contributed by atoms with Crippen molar-refractivity contribution in [3.8, 4) is 39.5 Å². The van der Waals surface area contributed by atoms with Crippen LogP contribution in [0, 0.1) is 19.1 Å². The summed E-state index contributed by atoms with van der Waals surface area (Å²) in [6.45, 7) is 15.9. The molecule has 62 heavy (non-hydrogen) atoms. The summed E-state index contributed by atoms with van der Waals surface area (Å²) in [7, 11) is -1.23. The van der Waals surface area contributed by atoms with Crippen molar-refractivity contribution in [2.24, 2.45) is 0 Å². The van der Waals surface area contributed by atoms with Gasteiger partial charge in [-0.2, -0.15) is 0 Å². The van der Waals surface area contributed by atoms with Crippen LogP contribution in [-0.2, 0) is 25.5 Å². The van der Waals surface area contributed by atoms with Crippen molar-refractivity contribution in [2.45, 2.75) is 90.8 Å². The summed E-state index contributed by atoms with van der Waals surface area (Å²) in [5.74, 6) is 1.33. The van der Waals surface area contributed by atoms with Crippen molar-refractivity contribution in [1.82, 2.24) is 19.5 Å². The average molecular weight is 1010 g/mol. The Hall–Kier alpha value is -5.46. The molecule has 0 amide bonds. The second-order valence-electron chi connectivity index (χ2n) is 18.7. The fourth-order valence-corrected chi connectivity index (χ4v) is 9.66. The van der Waals surface area contributed by atoms with Crippen LogP contribution in [0.5, 0.6) is 0 Å². The molecule has 0 bridgehead atoms. The van der Waals surface area contributed by atoms with E-state index in [0.717, 1.165) is 61.4 Å². The number of nitrogens with zero attached hydrogens (tertiary/aromatic N) is 4. The second-order valence-corrected chi connectivity index (χ2v) is 23.8. The monoisotopic (exact) mass is 1010 g/mol. The SMILES string of the molecule is C[Si](C)(C)c1ccc(-c2[c-]cccc2)nc1.Cc1ccc2c(c1)nc(-c1[c-]ccc3c1oc1nc(C4CCCCC4)ccc13)n2-c1ccc(C(C)(C)C)cc1-c1ccccc1.[Ir]. The first-order valence-corrected chi connectivity index (χ1v) is 25.3. The number of furan rings is 1. The molecule has 0 N–H and O–H groups in total. The number of imidazole rings is 1. The summed E-state index contributed by atoms with van der Waals surface area (Å²) in [5, 5.41) is 3.48. The number of hydrogen-bond acceptors (Lipinski definition) is 4. The molecule has 1 saturated carbocycles.